The van der Waals surface area contributed by atoms with Gasteiger partial charge in [-0.25, -0.2) is 4.37 Å². The molecule has 1 saturated heterocycles. The standard InChI is InChI=1S/C8H12N2OS2/c9-7(6-3-10-13-4-6)8(11)1-2-12-5-8/h3-4,7,11H,1-2,5,9H2. The Bertz CT molecular complexity index is 270. The number of hydrogen-bond acceptors (Lipinski definition) is 5. The molecule has 0 saturated carbocycles. The van der Waals surface area contributed by atoms with Gasteiger partial charge in [-0.05, 0) is 23.7 Å². The Kier molecular flexibility index (Phi) is 2.60. The molecule has 1 aromatic heterocycles. The molecule has 72 valence electrons. The van der Waals surface area contributed by atoms with Gasteiger partial charge in [0.1, 0.15) is 0 Å². The topological polar surface area (TPSA) is 59.1 Å². The van der Waals surface area contributed by atoms with Crippen LogP contribution in [0.3, 0.4) is 0 Å². The fourth-order valence-corrected chi connectivity index (χ4v) is 3.38. The highest BCUT2D eigenvalue weighted by molar-refractivity contribution is 7.99. The Morgan fingerprint density at radius 1 is 1.69 bits per heavy atom. The van der Waals surface area contributed by atoms with Crippen LogP contribution in [0.1, 0.15) is 18.0 Å². The molecule has 1 aromatic rings. The van der Waals surface area contributed by atoms with Gasteiger partial charge in [0.25, 0.3) is 0 Å². The maximum absolute atomic E-state index is 10.2. The van der Waals surface area contributed by atoms with E-state index in [9.17, 15) is 5.11 Å². The maximum Gasteiger partial charge on any atom is 0.0937 e. The van der Waals surface area contributed by atoms with Crippen molar-refractivity contribution in [3.05, 3.63) is 17.1 Å². The van der Waals surface area contributed by atoms with Crippen LogP contribution in [0.4, 0.5) is 0 Å². The number of rotatable bonds is 2. The lowest BCUT2D eigenvalue weighted by molar-refractivity contribution is 0.0401. The molecule has 0 aliphatic carbocycles. The number of thioether (sulfide) groups is 1. The van der Waals surface area contributed by atoms with Crippen molar-refractivity contribution in [3.8, 4) is 0 Å². The van der Waals surface area contributed by atoms with Crippen LogP contribution in [0.5, 0.6) is 0 Å². The van der Waals surface area contributed by atoms with Gasteiger partial charge in [0.2, 0.25) is 0 Å². The summed E-state index contributed by atoms with van der Waals surface area (Å²) in [6.45, 7) is 0. The summed E-state index contributed by atoms with van der Waals surface area (Å²) in [6, 6.07) is -0.277. The minimum atomic E-state index is -0.715. The first-order valence-electron chi connectivity index (χ1n) is 4.17. The number of nitrogens with two attached hydrogens (primary N) is 1. The normalized spacial score (nSPS) is 30.6. The highest BCUT2D eigenvalue weighted by atomic mass is 32.2. The first-order chi connectivity index (χ1) is 6.22. The molecule has 2 atom stereocenters. The van der Waals surface area contributed by atoms with Crippen LogP contribution in [0, 0.1) is 0 Å². The van der Waals surface area contributed by atoms with Gasteiger partial charge >= 0.3 is 0 Å². The van der Waals surface area contributed by atoms with Gasteiger partial charge in [0.15, 0.2) is 0 Å². The Balaban J connectivity index is 2.16. The second kappa shape index (κ2) is 3.57. The zero-order valence-corrected chi connectivity index (χ0v) is 8.77. The third-order valence-corrected chi connectivity index (χ3v) is 4.22. The smallest absolute Gasteiger partial charge is 0.0937 e. The highest BCUT2D eigenvalue weighted by Gasteiger charge is 2.38. The summed E-state index contributed by atoms with van der Waals surface area (Å²) in [4.78, 5) is 0. The minimum Gasteiger partial charge on any atom is -0.387 e. The summed E-state index contributed by atoms with van der Waals surface area (Å²) in [5.74, 6) is 1.74. The Morgan fingerprint density at radius 3 is 3.08 bits per heavy atom. The molecule has 0 amide bonds. The van der Waals surface area contributed by atoms with E-state index in [1.807, 2.05) is 5.38 Å². The van der Waals surface area contributed by atoms with Crippen molar-refractivity contribution in [2.45, 2.75) is 18.1 Å². The average molecular weight is 216 g/mol. The van der Waals surface area contributed by atoms with Gasteiger partial charge in [-0.2, -0.15) is 11.8 Å². The van der Waals surface area contributed by atoms with Crippen molar-refractivity contribution in [2.24, 2.45) is 5.73 Å². The average Bonchev–Trinajstić information content (AvgIpc) is 2.73. The summed E-state index contributed by atoms with van der Waals surface area (Å²) < 4.78 is 3.99. The molecule has 3 nitrogen and oxygen atoms in total. The number of hydrogen-bond donors (Lipinski definition) is 2. The van der Waals surface area contributed by atoms with E-state index in [2.05, 4.69) is 4.37 Å². The molecule has 2 rings (SSSR count). The molecule has 0 aromatic carbocycles. The van der Waals surface area contributed by atoms with Crippen molar-refractivity contribution >= 4 is 23.3 Å². The van der Waals surface area contributed by atoms with E-state index < -0.39 is 5.60 Å². The summed E-state index contributed by atoms with van der Waals surface area (Å²) in [7, 11) is 0. The first-order valence-corrected chi connectivity index (χ1v) is 6.16. The summed E-state index contributed by atoms with van der Waals surface area (Å²) in [5.41, 5.74) is 6.22. The second-order valence-corrected chi connectivity index (χ2v) is 5.10. The van der Waals surface area contributed by atoms with Crippen LogP contribution in [0.2, 0.25) is 0 Å². The molecule has 13 heavy (non-hydrogen) atoms. The van der Waals surface area contributed by atoms with Crippen molar-refractivity contribution in [2.75, 3.05) is 11.5 Å². The minimum absolute atomic E-state index is 0.277. The van der Waals surface area contributed by atoms with Gasteiger partial charge in [-0.3, -0.25) is 0 Å². The third kappa shape index (κ3) is 1.74. The van der Waals surface area contributed by atoms with Gasteiger partial charge < -0.3 is 10.8 Å². The van der Waals surface area contributed by atoms with E-state index in [1.165, 1.54) is 11.5 Å². The summed E-state index contributed by atoms with van der Waals surface area (Å²) in [6.07, 6.45) is 2.53. The lowest BCUT2D eigenvalue weighted by Gasteiger charge is -2.27. The van der Waals surface area contributed by atoms with Crippen LogP contribution >= 0.6 is 23.3 Å². The number of nitrogens with zero attached hydrogens (tertiary/aromatic N) is 1. The molecule has 0 bridgehead atoms. The molecule has 0 radical (unpaired) electrons. The van der Waals surface area contributed by atoms with E-state index in [4.69, 9.17) is 5.73 Å². The highest BCUT2D eigenvalue weighted by Crippen LogP contribution is 2.36. The predicted molar refractivity (Wildman–Crippen MR) is 55.9 cm³/mol. The van der Waals surface area contributed by atoms with Gasteiger partial charge in [-0.1, -0.05) is 0 Å². The molecule has 1 fully saturated rings. The Hall–Kier alpha value is -0.100. The molecule has 5 heteroatoms. The van der Waals surface area contributed by atoms with E-state index in [0.717, 1.165) is 23.5 Å². The molecular weight excluding hydrogens is 204 g/mol. The number of aliphatic hydroxyl groups is 1. The maximum atomic E-state index is 10.2. The third-order valence-electron chi connectivity index (χ3n) is 2.42. The second-order valence-electron chi connectivity index (χ2n) is 3.34. The monoisotopic (exact) mass is 216 g/mol. The first kappa shape index (κ1) is 9.45. The van der Waals surface area contributed by atoms with Gasteiger partial charge in [0.05, 0.1) is 11.6 Å². The predicted octanol–water partition coefficient (Wildman–Crippen LogP) is 1.01. The van der Waals surface area contributed by atoms with Crippen LogP contribution in [0.25, 0.3) is 0 Å². The largest absolute Gasteiger partial charge is 0.387 e. The van der Waals surface area contributed by atoms with Crippen LogP contribution in [0.15, 0.2) is 11.6 Å². The molecule has 1 aliphatic heterocycles. The number of aromatic nitrogens is 1. The van der Waals surface area contributed by atoms with E-state index in [0.29, 0.717) is 0 Å². The van der Waals surface area contributed by atoms with Gasteiger partial charge in [0, 0.05) is 22.9 Å². The molecule has 3 N–H and O–H groups in total. The Labute approximate surface area is 85.5 Å². The van der Waals surface area contributed by atoms with Crippen molar-refractivity contribution < 1.29 is 5.11 Å². The van der Waals surface area contributed by atoms with E-state index in [-0.39, 0.29) is 6.04 Å². The molecular formula is C8H12N2OS2. The van der Waals surface area contributed by atoms with E-state index in [1.54, 1.807) is 18.0 Å². The van der Waals surface area contributed by atoms with Crippen LogP contribution in [-0.4, -0.2) is 26.6 Å². The zero-order chi connectivity index (χ0) is 9.31. The fraction of sp³-hybridized carbons (Fsp3) is 0.625. The van der Waals surface area contributed by atoms with E-state index >= 15 is 0 Å². The van der Waals surface area contributed by atoms with Crippen LogP contribution < -0.4 is 5.73 Å². The molecule has 2 unspecified atom stereocenters. The Morgan fingerprint density at radius 2 is 2.54 bits per heavy atom. The quantitative estimate of drug-likeness (QED) is 0.774. The summed E-state index contributed by atoms with van der Waals surface area (Å²) >= 11 is 3.14. The van der Waals surface area contributed by atoms with Crippen molar-refractivity contribution in [3.63, 3.8) is 0 Å². The lowest BCUT2D eigenvalue weighted by atomic mass is 9.91. The molecule has 1 aliphatic rings. The molecule has 2 heterocycles. The lowest BCUT2D eigenvalue weighted by Crippen LogP contribution is -2.40. The van der Waals surface area contributed by atoms with Crippen LogP contribution in [-0.2, 0) is 0 Å². The van der Waals surface area contributed by atoms with Crippen molar-refractivity contribution in [1.29, 1.82) is 0 Å². The fourth-order valence-electron chi connectivity index (χ4n) is 1.49. The van der Waals surface area contributed by atoms with Gasteiger partial charge in [-0.15, -0.1) is 0 Å². The van der Waals surface area contributed by atoms with Crippen molar-refractivity contribution in [1.82, 2.24) is 4.37 Å². The molecule has 0 spiro atoms. The SMILES string of the molecule is NC(c1cnsc1)C1(O)CCSC1. The zero-order valence-electron chi connectivity index (χ0n) is 7.14. The summed E-state index contributed by atoms with van der Waals surface area (Å²) in [5, 5.41) is 12.1.